The van der Waals surface area contributed by atoms with Gasteiger partial charge in [0.25, 0.3) is 5.91 Å². The normalized spacial score (nSPS) is 16.4. The number of amides is 1. The van der Waals surface area contributed by atoms with Gasteiger partial charge in [-0.3, -0.25) is 4.79 Å². The van der Waals surface area contributed by atoms with Crippen LogP contribution in [0.5, 0.6) is 0 Å². The molecule has 0 bridgehead atoms. The number of halogens is 1. The molecule has 1 atom stereocenters. The van der Waals surface area contributed by atoms with Crippen LogP contribution >= 0.6 is 11.6 Å². The van der Waals surface area contributed by atoms with Gasteiger partial charge in [-0.05, 0) is 50.1 Å². The summed E-state index contributed by atoms with van der Waals surface area (Å²) < 4.78 is 32.4. The molecule has 1 N–H and O–H groups in total. The van der Waals surface area contributed by atoms with E-state index in [1.807, 2.05) is 39.0 Å². The molecule has 29 heavy (non-hydrogen) atoms. The fourth-order valence-electron chi connectivity index (χ4n) is 3.35. The number of carbonyl (C=O) groups excluding carboxylic acids is 1. The minimum absolute atomic E-state index is 0.0494. The maximum absolute atomic E-state index is 12.9. The highest BCUT2D eigenvalue weighted by Gasteiger charge is 2.28. The zero-order valence-corrected chi connectivity index (χ0v) is 18.3. The van der Waals surface area contributed by atoms with Crippen LogP contribution < -0.4 is 5.32 Å². The summed E-state index contributed by atoms with van der Waals surface area (Å²) in [5, 5.41) is 3.13. The van der Waals surface area contributed by atoms with Crippen molar-refractivity contribution in [1.82, 2.24) is 9.62 Å². The van der Waals surface area contributed by atoms with Gasteiger partial charge in [0.05, 0.1) is 34.7 Å². The Balaban J connectivity index is 1.85. The van der Waals surface area contributed by atoms with Crippen LogP contribution in [0.25, 0.3) is 0 Å². The Hall–Kier alpha value is -1.93. The van der Waals surface area contributed by atoms with E-state index in [0.717, 1.165) is 16.7 Å². The molecule has 2 aromatic carbocycles. The van der Waals surface area contributed by atoms with Gasteiger partial charge in [0.2, 0.25) is 10.0 Å². The van der Waals surface area contributed by atoms with Crippen LogP contribution in [0.3, 0.4) is 0 Å². The maximum atomic E-state index is 12.9. The first kappa shape index (κ1) is 21.8. The third kappa shape index (κ3) is 4.80. The third-order valence-electron chi connectivity index (χ3n) is 5.04. The molecule has 156 valence electrons. The van der Waals surface area contributed by atoms with Crippen molar-refractivity contribution in [1.29, 1.82) is 0 Å². The summed E-state index contributed by atoms with van der Waals surface area (Å²) in [6.07, 6.45) is 0. The summed E-state index contributed by atoms with van der Waals surface area (Å²) in [4.78, 5) is 12.9. The van der Waals surface area contributed by atoms with Crippen LogP contribution in [0.15, 0.2) is 41.3 Å². The Kier molecular flexibility index (Phi) is 6.63. The lowest BCUT2D eigenvalue weighted by atomic mass is 10.00. The molecule has 1 unspecified atom stereocenters. The van der Waals surface area contributed by atoms with Gasteiger partial charge < -0.3 is 10.1 Å². The molecular weight excluding hydrogens is 412 g/mol. The van der Waals surface area contributed by atoms with E-state index in [1.54, 1.807) is 0 Å². The molecule has 3 rings (SSSR count). The summed E-state index contributed by atoms with van der Waals surface area (Å²) in [6.45, 7) is 7.16. The van der Waals surface area contributed by atoms with Crippen molar-refractivity contribution in [2.24, 2.45) is 0 Å². The number of morpholine rings is 1. The largest absolute Gasteiger partial charge is 0.379 e. The van der Waals surface area contributed by atoms with Gasteiger partial charge in [0.15, 0.2) is 0 Å². The van der Waals surface area contributed by atoms with Crippen molar-refractivity contribution >= 4 is 27.5 Å². The molecule has 0 aliphatic carbocycles. The number of aryl methyl sites for hydroxylation is 2. The molecule has 1 heterocycles. The molecule has 1 saturated heterocycles. The Labute approximate surface area is 176 Å². The van der Waals surface area contributed by atoms with E-state index in [2.05, 4.69) is 5.32 Å². The summed E-state index contributed by atoms with van der Waals surface area (Å²) in [5.41, 5.74) is 3.31. The van der Waals surface area contributed by atoms with Gasteiger partial charge >= 0.3 is 0 Å². The van der Waals surface area contributed by atoms with Gasteiger partial charge in [-0.1, -0.05) is 35.4 Å². The number of sulfonamides is 1. The molecule has 0 saturated carbocycles. The van der Waals surface area contributed by atoms with Crippen LogP contribution in [-0.2, 0) is 14.8 Å². The predicted octanol–water partition coefficient (Wildman–Crippen LogP) is 3.47. The van der Waals surface area contributed by atoms with Crippen molar-refractivity contribution in [2.45, 2.75) is 31.7 Å². The van der Waals surface area contributed by atoms with E-state index in [9.17, 15) is 13.2 Å². The molecule has 6 nitrogen and oxygen atoms in total. The number of hydrogen-bond acceptors (Lipinski definition) is 4. The zero-order chi connectivity index (χ0) is 21.2. The lowest BCUT2D eigenvalue weighted by molar-refractivity contribution is 0.0730. The Morgan fingerprint density at radius 2 is 1.83 bits per heavy atom. The number of hydrogen-bond donors (Lipinski definition) is 1. The van der Waals surface area contributed by atoms with Gasteiger partial charge in [-0.2, -0.15) is 4.31 Å². The quantitative estimate of drug-likeness (QED) is 0.778. The van der Waals surface area contributed by atoms with Crippen LogP contribution in [-0.4, -0.2) is 44.9 Å². The van der Waals surface area contributed by atoms with E-state index in [4.69, 9.17) is 16.3 Å². The van der Waals surface area contributed by atoms with E-state index in [1.165, 1.54) is 22.5 Å². The number of nitrogens with one attached hydrogen (secondary N) is 1. The average molecular weight is 437 g/mol. The molecule has 1 amide bonds. The third-order valence-corrected chi connectivity index (χ3v) is 7.26. The summed E-state index contributed by atoms with van der Waals surface area (Å²) in [7, 11) is -3.71. The average Bonchev–Trinajstić information content (AvgIpc) is 2.70. The second kappa shape index (κ2) is 8.83. The van der Waals surface area contributed by atoms with Crippen LogP contribution in [0, 0.1) is 13.8 Å². The van der Waals surface area contributed by atoms with Gasteiger partial charge in [-0.25, -0.2) is 8.42 Å². The highest BCUT2D eigenvalue weighted by atomic mass is 35.5. The number of benzene rings is 2. The van der Waals surface area contributed by atoms with Gasteiger partial charge in [-0.15, -0.1) is 0 Å². The molecule has 0 spiro atoms. The summed E-state index contributed by atoms with van der Waals surface area (Å²) >= 11 is 6.22. The first-order valence-corrected chi connectivity index (χ1v) is 11.3. The van der Waals surface area contributed by atoms with E-state index >= 15 is 0 Å². The van der Waals surface area contributed by atoms with E-state index in [-0.39, 0.29) is 34.6 Å². The molecule has 1 aliphatic rings. The van der Waals surface area contributed by atoms with E-state index in [0.29, 0.717) is 13.2 Å². The first-order valence-electron chi connectivity index (χ1n) is 9.45. The van der Waals surface area contributed by atoms with Crippen molar-refractivity contribution in [3.63, 3.8) is 0 Å². The van der Waals surface area contributed by atoms with E-state index < -0.39 is 15.9 Å². The van der Waals surface area contributed by atoms with Crippen LogP contribution in [0.2, 0.25) is 5.02 Å². The van der Waals surface area contributed by atoms with Gasteiger partial charge in [0, 0.05) is 13.1 Å². The Bertz CT molecular complexity index is 1020. The standard InChI is InChI=1S/C21H25ClN2O4S/c1-14-4-5-15(2)18(12-14)16(3)23-21(25)19-13-17(6-7-20(19)22)29(26,27)24-8-10-28-11-9-24/h4-7,12-13,16H,8-11H2,1-3H3,(H,23,25). The van der Waals surface area contributed by atoms with Crippen molar-refractivity contribution in [2.75, 3.05) is 26.3 Å². The van der Waals surface area contributed by atoms with Crippen molar-refractivity contribution in [3.8, 4) is 0 Å². The zero-order valence-electron chi connectivity index (χ0n) is 16.7. The maximum Gasteiger partial charge on any atom is 0.253 e. The summed E-state index contributed by atoms with van der Waals surface area (Å²) in [6, 6.07) is 10.0. The second-order valence-corrected chi connectivity index (χ2v) is 9.56. The highest BCUT2D eigenvalue weighted by Crippen LogP contribution is 2.25. The fourth-order valence-corrected chi connectivity index (χ4v) is 4.99. The number of nitrogens with zero attached hydrogens (tertiary/aromatic N) is 1. The SMILES string of the molecule is Cc1ccc(C)c(C(C)NC(=O)c2cc(S(=O)(=O)N3CCOCC3)ccc2Cl)c1. The smallest absolute Gasteiger partial charge is 0.253 e. The molecular formula is C21H25ClN2O4S. The molecule has 1 fully saturated rings. The van der Waals surface area contributed by atoms with Crippen LogP contribution in [0.1, 0.15) is 40.0 Å². The lowest BCUT2D eigenvalue weighted by Gasteiger charge is -2.26. The first-order chi connectivity index (χ1) is 13.7. The minimum atomic E-state index is -3.71. The predicted molar refractivity (Wildman–Crippen MR) is 113 cm³/mol. The highest BCUT2D eigenvalue weighted by molar-refractivity contribution is 7.89. The van der Waals surface area contributed by atoms with Gasteiger partial charge in [0.1, 0.15) is 0 Å². The molecule has 0 radical (unpaired) electrons. The lowest BCUT2D eigenvalue weighted by Crippen LogP contribution is -2.40. The van der Waals surface area contributed by atoms with Crippen LogP contribution in [0.4, 0.5) is 0 Å². The number of ether oxygens (including phenoxy) is 1. The van der Waals surface area contributed by atoms with Crippen molar-refractivity contribution < 1.29 is 17.9 Å². The molecule has 8 heteroatoms. The number of carbonyl (C=O) groups is 1. The molecule has 0 aromatic heterocycles. The van der Waals surface area contributed by atoms with Crippen molar-refractivity contribution in [3.05, 3.63) is 63.7 Å². The number of rotatable bonds is 5. The second-order valence-electron chi connectivity index (χ2n) is 7.21. The minimum Gasteiger partial charge on any atom is -0.379 e. The fraction of sp³-hybridized carbons (Fsp3) is 0.381. The Morgan fingerprint density at radius 1 is 1.14 bits per heavy atom. The monoisotopic (exact) mass is 436 g/mol. The topological polar surface area (TPSA) is 75.7 Å². The summed E-state index contributed by atoms with van der Waals surface area (Å²) in [5.74, 6) is -0.414. The Morgan fingerprint density at radius 3 is 2.52 bits per heavy atom. The molecule has 1 aliphatic heterocycles. The molecule has 2 aromatic rings.